The minimum Gasteiger partial charge on any atom is -0.332 e. The number of aromatic nitrogens is 3. The standard InChI is InChI=1S/C26H20ClN5OS/c1-15-9-11-17(12-10-15)32-30-23-13-16(2)22(14-24(23)31-32)28-26(34)29-25(33)20-7-3-6-19-18(20)5-4-8-21(19)27/h3-14H,1-2H3,(H2,28,29,33,34). The highest BCUT2D eigenvalue weighted by Gasteiger charge is 2.14. The molecular weight excluding hydrogens is 466 g/mol. The van der Waals surface area contributed by atoms with Gasteiger partial charge >= 0.3 is 0 Å². The van der Waals surface area contributed by atoms with Crippen molar-refractivity contribution in [2.45, 2.75) is 13.8 Å². The molecule has 0 aliphatic heterocycles. The van der Waals surface area contributed by atoms with Gasteiger partial charge in [0.2, 0.25) is 0 Å². The molecule has 6 nitrogen and oxygen atoms in total. The van der Waals surface area contributed by atoms with E-state index in [-0.39, 0.29) is 11.0 Å². The van der Waals surface area contributed by atoms with Crippen LogP contribution < -0.4 is 10.6 Å². The van der Waals surface area contributed by atoms with Crippen LogP contribution in [0.25, 0.3) is 27.5 Å². The van der Waals surface area contributed by atoms with Crippen LogP contribution in [0.3, 0.4) is 0 Å². The van der Waals surface area contributed by atoms with Crippen LogP contribution in [-0.2, 0) is 0 Å². The van der Waals surface area contributed by atoms with Crippen molar-refractivity contribution in [3.05, 3.63) is 94.5 Å². The van der Waals surface area contributed by atoms with Crippen LogP contribution in [0, 0.1) is 13.8 Å². The monoisotopic (exact) mass is 485 g/mol. The van der Waals surface area contributed by atoms with Gasteiger partial charge in [0.15, 0.2) is 5.11 Å². The number of nitrogens with one attached hydrogen (secondary N) is 2. The van der Waals surface area contributed by atoms with Crippen LogP contribution in [0.4, 0.5) is 5.69 Å². The molecule has 0 aliphatic rings. The number of halogens is 1. The van der Waals surface area contributed by atoms with Gasteiger partial charge in [0.1, 0.15) is 11.0 Å². The van der Waals surface area contributed by atoms with E-state index in [0.29, 0.717) is 16.1 Å². The van der Waals surface area contributed by atoms with E-state index in [0.717, 1.165) is 33.2 Å². The smallest absolute Gasteiger partial charge is 0.258 e. The lowest BCUT2D eigenvalue weighted by atomic mass is 10.0. The first kappa shape index (κ1) is 22.0. The number of carbonyl (C=O) groups is 1. The van der Waals surface area contributed by atoms with Crippen molar-refractivity contribution >= 4 is 62.3 Å². The van der Waals surface area contributed by atoms with Crippen LogP contribution in [0.15, 0.2) is 72.8 Å². The fourth-order valence-corrected chi connectivity index (χ4v) is 4.23. The van der Waals surface area contributed by atoms with Gasteiger partial charge in [-0.15, -0.1) is 10.2 Å². The second kappa shape index (κ2) is 8.85. The van der Waals surface area contributed by atoms with Crippen LogP contribution >= 0.6 is 23.8 Å². The minimum atomic E-state index is -0.311. The summed E-state index contributed by atoms with van der Waals surface area (Å²) in [6.07, 6.45) is 0. The number of hydrogen-bond acceptors (Lipinski definition) is 4. The van der Waals surface area contributed by atoms with Gasteiger partial charge in [-0.2, -0.15) is 4.80 Å². The molecule has 4 aromatic carbocycles. The fraction of sp³-hybridized carbons (Fsp3) is 0.0769. The number of carbonyl (C=O) groups excluding carboxylic acids is 1. The Labute approximate surface area is 206 Å². The molecule has 0 unspecified atom stereocenters. The van der Waals surface area contributed by atoms with Crippen molar-refractivity contribution in [1.29, 1.82) is 0 Å². The maximum Gasteiger partial charge on any atom is 0.258 e. The summed E-state index contributed by atoms with van der Waals surface area (Å²) in [7, 11) is 0. The topological polar surface area (TPSA) is 71.8 Å². The van der Waals surface area contributed by atoms with Gasteiger partial charge in [0.25, 0.3) is 5.91 Å². The first-order valence-electron chi connectivity index (χ1n) is 10.6. The zero-order valence-electron chi connectivity index (χ0n) is 18.5. The van der Waals surface area contributed by atoms with Crippen LogP contribution in [0.1, 0.15) is 21.5 Å². The Balaban J connectivity index is 1.37. The molecule has 1 aromatic heterocycles. The quantitative estimate of drug-likeness (QED) is 0.308. The molecule has 5 rings (SSSR count). The molecule has 0 aliphatic carbocycles. The van der Waals surface area contributed by atoms with Gasteiger partial charge in [0.05, 0.1) is 5.69 Å². The second-order valence-electron chi connectivity index (χ2n) is 8.03. The zero-order valence-corrected chi connectivity index (χ0v) is 20.0. The molecule has 34 heavy (non-hydrogen) atoms. The van der Waals surface area contributed by atoms with Crippen molar-refractivity contribution in [2.24, 2.45) is 0 Å². The number of nitrogens with zero attached hydrogens (tertiary/aromatic N) is 3. The first-order chi connectivity index (χ1) is 16.4. The number of thiocarbonyl (C=S) groups is 1. The molecule has 1 heterocycles. The summed E-state index contributed by atoms with van der Waals surface area (Å²) >= 11 is 11.7. The lowest BCUT2D eigenvalue weighted by Gasteiger charge is -2.13. The molecular formula is C26H20ClN5OS. The maximum atomic E-state index is 12.9. The molecule has 5 aromatic rings. The summed E-state index contributed by atoms with van der Waals surface area (Å²) in [6, 6.07) is 22.7. The molecule has 8 heteroatoms. The van der Waals surface area contributed by atoms with Gasteiger partial charge < -0.3 is 5.32 Å². The van der Waals surface area contributed by atoms with E-state index in [2.05, 4.69) is 20.8 Å². The molecule has 168 valence electrons. The fourth-order valence-electron chi connectivity index (χ4n) is 3.79. The number of aryl methyl sites for hydroxylation is 2. The van der Waals surface area contributed by atoms with E-state index < -0.39 is 0 Å². The van der Waals surface area contributed by atoms with E-state index in [1.54, 1.807) is 23.0 Å². The van der Waals surface area contributed by atoms with Gasteiger partial charge in [-0.3, -0.25) is 10.1 Å². The van der Waals surface area contributed by atoms with Crippen molar-refractivity contribution in [3.8, 4) is 5.69 Å². The summed E-state index contributed by atoms with van der Waals surface area (Å²) in [5.74, 6) is -0.311. The highest BCUT2D eigenvalue weighted by molar-refractivity contribution is 7.80. The average Bonchev–Trinajstić information content (AvgIpc) is 3.22. The number of amides is 1. The van der Waals surface area contributed by atoms with Crippen LogP contribution in [0.2, 0.25) is 5.02 Å². The molecule has 0 atom stereocenters. The predicted octanol–water partition coefficient (Wildman–Crippen LogP) is 5.97. The number of fused-ring (bicyclic) bond motifs is 2. The Kier molecular flexibility index (Phi) is 5.73. The third kappa shape index (κ3) is 4.23. The first-order valence-corrected chi connectivity index (χ1v) is 11.4. The summed E-state index contributed by atoms with van der Waals surface area (Å²) in [5, 5.41) is 17.4. The van der Waals surface area contributed by atoms with Gasteiger partial charge in [-0.25, -0.2) is 0 Å². The van der Waals surface area contributed by atoms with E-state index in [9.17, 15) is 4.79 Å². The van der Waals surface area contributed by atoms with Gasteiger partial charge in [0, 0.05) is 21.7 Å². The Hall–Kier alpha value is -3.81. The van der Waals surface area contributed by atoms with Gasteiger partial charge in [-0.1, -0.05) is 53.6 Å². The largest absolute Gasteiger partial charge is 0.332 e. The predicted molar refractivity (Wildman–Crippen MR) is 141 cm³/mol. The Bertz CT molecular complexity index is 1580. The summed E-state index contributed by atoms with van der Waals surface area (Å²) in [4.78, 5) is 14.6. The summed E-state index contributed by atoms with van der Waals surface area (Å²) in [5.41, 5.74) is 5.71. The molecule has 1 amide bonds. The zero-order chi connectivity index (χ0) is 23.8. The minimum absolute atomic E-state index is 0.192. The third-order valence-corrected chi connectivity index (χ3v) is 6.11. The van der Waals surface area contributed by atoms with Gasteiger partial charge in [-0.05, 0) is 73.4 Å². The second-order valence-corrected chi connectivity index (χ2v) is 8.85. The Morgan fingerprint density at radius 3 is 2.35 bits per heavy atom. The highest BCUT2D eigenvalue weighted by Crippen LogP contribution is 2.26. The van der Waals surface area contributed by atoms with E-state index in [1.165, 1.54) is 5.56 Å². The van der Waals surface area contributed by atoms with Crippen molar-refractivity contribution in [3.63, 3.8) is 0 Å². The van der Waals surface area contributed by atoms with Crippen LogP contribution in [0.5, 0.6) is 0 Å². The highest BCUT2D eigenvalue weighted by atomic mass is 35.5. The Morgan fingerprint density at radius 2 is 1.59 bits per heavy atom. The molecule has 0 radical (unpaired) electrons. The van der Waals surface area contributed by atoms with E-state index in [1.807, 2.05) is 68.4 Å². The summed E-state index contributed by atoms with van der Waals surface area (Å²) < 4.78 is 0. The number of rotatable bonds is 3. The van der Waals surface area contributed by atoms with Crippen molar-refractivity contribution in [1.82, 2.24) is 20.3 Å². The van der Waals surface area contributed by atoms with Crippen molar-refractivity contribution < 1.29 is 4.79 Å². The number of anilines is 1. The third-order valence-electron chi connectivity index (χ3n) is 5.58. The number of hydrogen-bond donors (Lipinski definition) is 2. The summed E-state index contributed by atoms with van der Waals surface area (Å²) in [6.45, 7) is 3.99. The van der Waals surface area contributed by atoms with Crippen LogP contribution in [-0.4, -0.2) is 26.0 Å². The van der Waals surface area contributed by atoms with E-state index >= 15 is 0 Å². The molecule has 0 fully saturated rings. The van der Waals surface area contributed by atoms with Crippen molar-refractivity contribution in [2.75, 3.05) is 5.32 Å². The average molecular weight is 486 g/mol. The maximum absolute atomic E-state index is 12.9. The Morgan fingerprint density at radius 1 is 0.912 bits per heavy atom. The lowest BCUT2D eigenvalue weighted by molar-refractivity contribution is 0.0979. The molecule has 2 N–H and O–H groups in total. The molecule has 0 bridgehead atoms. The lowest BCUT2D eigenvalue weighted by Crippen LogP contribution is -2.34. The molecule has 0 saturated heterocycles. The van der Waals surface area contributed by atoms with E-state index in [4.69, 9.17) is 23.8 Å². The molecule has 0 spiro atoms. The SMILES string of the molecule is Cc1ccc(-n2nc3cc(C)c(NC(=S)NC(=O)c4cccc5c(Cl)cccc45)cc3n2)cc1. The molecule has 0 saturated carbocycles. The normalized spacial score (nSPS) is 11.0. The number of benzene rings is 4.